The number of barbiturate groups is 1. The normalized spacial score (nSPS) is 16.4. The molecule has 3 aromatic rings. The molecule has 2 heterocycles. The Bertz CT molecular complexity index is 1220. The summed E-state index contributed by atoms with van der Waals surface area (Å²) in [6.45, 7) is 1.60. The van der Waals surface area contributed by atoms with Crippen LogP contribution in [-0.4, -0.2) is 30.9 Å². The first-order chi connectivity index (χ1) is 16.5. The second-order valence-electron chi connectivity index (χ2n) is 8.20. The molecule has 2 fully saturated rings. The van der Waals surface area contributed by atoms with Crippen LogP contribution in [0.2, 0.25) is 0 Å². The number of carbonyl (C=O) groups is 3. The summed E-state index contributed by atoms with van der Waals surface area (Å²) in [5.41, 5.74) is 1.33. The molecule has 0 aliphatic carbocycles. The molecule has 3 aromatic carbocycles. The zero-order valence-electron chi connectivity index (χ0n) is 18.4. The molecule has 2 aliphatic rings. The minimum absolute atomic E-state index is 0.222. The van der Waals surface area contributed by atoms with Crippen molar-refractivity contribution in [2.24, 2.45) is 0 Å². The SMILES string of the molecule is O=C1C(=Cc2ccc(N3CCCC3)c(F)c2)C(=O)N(c2ccccc2)C(=O)N1c1ccccc1. The molecule has 2 aliphatic heterocycles. The molecule has 34 heavy (non-hydrogen) atoms. The second-order valence-corrected chi connectivity index (χ2v) is 8.20. The van der Waals surface area contributed by atoms with Crippen LogP contribution in [0.1, 0.15) is 18.4 Å². The van der Waals surface area contributed by atoms with Gasteiger partial charge in [0.25, 0.3) is 11.8 Å². The average molecular weight is 455 g/mol. The molecule has 170 valence electrons. The summed E-state index contributed by atoms with van der Waals surface area (Å²) in [5, 5.41) is 0. The number of para-hydroxylation sites is 2. The molecule has 0 bridgehead atoms. The highest BCUT2D eigenvalue weighted by Crippen LogP contribution is 2.30. The summed E-state index contributed by atoms with van der Waals surface area (Å²) < 4.78 is 14.9. The van der Waals surface area contributed by atoms with Crippen LogP contribution in [0.3, 0.4) is 0 Å². The van der Waals surface area contributed by atoms with Crippen molar-refractivity contribution in [1.29, 1.82) is 0 Å². The van der Waals surface area contributed by atoms with Crippen LogP contribution in [0.15, 0.2) is 84.4 Å². The van der Waals surface area contributed by atoms with Gasteiger partial charge in [0.2, 0.25) is 0 Å². The lowest BCUT2D eigenvalue weighted by molar-refractivity contribution is -0.121. The highest BCUT2D eigenvalue weighted by molar-refractivity contribution is 6.46. The first-order valence-corrected chi connectivity index (χ1v) is 11.1. The number of anilines is 3. The van der Waals surface area contributed by atoms with Gasteiger partial charge in [-0.3, -0.25) is 9.59 Å². The predicted octanol–water partition coefficient (Wildman–Crippen LogP) is 5.01. The van der Waals surface area contributed by atoms with Crippen molar-refractivity contribution in [2.75, 3.05) is 27.8 Å². The number of nitrogens with zero attached hydrogens (tertiary/aromatic N) is 3. The maximum atomic E-state index is 14.9. The van der Waals surface area contributed by atoms with Crippen LogP contribution in [-0.2, 0) is 9.59 Å². The largest absolute Gasteiger partial charge is 0.369 e. The van der Waals surface area contributed by atoms with Gasteiger partial charge in [0, 0.05) is 13.1 Å². The fraction of sp³-hybridized carbons (Fsp3) is 0.148. The van der Waals surface area contributed by atoms with E-state index >= 15 is 0 Å². The average Bonchev–Trinajstić information content (AvgIpc) is 3.38. The summed E-state index contributed by atoms with van der Waals surface area (Å²) in [6.07, 6.45) is 3.39. The molecule has 0 N–H and O–H groups in total. The Hall–Kier alpha value is -4.26. The Kier molecular flexibility index (Phi) is 5.67. The molecule has 0 atom stereocenters. The van der Waals surface area contributed by atoms with E-state index in [9.17, 15) is 18.8 Å². The highest BCUT2D eigenvalue weighted by Gasteiger charge is 2.43. The molecule has 0 radical (unpaired) electrons. The van der Waals surface area contributed by atoms with Crippen molar-refractivity contribution in [3.05, 3.63) is 95.8 Å². The van der Waals surface area contributed by atoms with Gasteiger partial charge in [-0.15, -0.1) is 0 Å². The van der Waals surface area contributed by atoms with E-state index in [0.717, 1.165) is 35.7 Å². The number of imide groups is 2. The lowest BCUT2D eigenvalue weighted by Crippen LogP contribution is -2.57. The molecule has 0 saturated carbocycles. The third-order valence-electron chi connectivity index (χ3n) is 6.01. The van der Waals surface area contributed by atoms with Gasteiger partial charge < -0.3 is 4.90 Å². The first-order valence-electron chi connectivity index (χ1n) is 11.1. The molecule has 6 nitrogen and oxygen atoms in total. The second kappa shape index (κ2) is 8.94. The quantitative estimate of drug-likeness (QED) is 0.410. The molecule has 0 unspecified atom stereocenters. The minimum atomic E-state index is -0.764. The Labute approximate surface area is 196 Å². The zero-order chi connectivity index (χ0) is 23.7. The van der Waals surface area contributed by atoms with Crippen LogP contribution < -0.4 is 14.7 Å². The third-order valence-corrected chi connectivity index (χ3v) is 6.01. The number of urea groups is 1. The van der Waals surface area contributed by atoms with Crippen LogP contribution in [0, 0.1) is 5.82 Å². The molecule has 2 saturated heterocycles. The standard InChI is InChI=1S/C27H22FN3O3/c28-23-18-19(13-14-24(23)29-15-7-8-16-29)17-22-25(32)30(20-9-3-1-4-10-20)27(34)31(26(22)33)21-11-5-2-6-12-21/h1-6,9-14,17-18H,7-8,15-16H2. The van der Waals surface area contributed by atoms with Gasteiger partial charge in [0.05, 0.1) is 17.1 Å². The lowest BCUT2D eigenvalue weighted by Gasteiger charge is -2.33. The molecule has 0 spiro atoms. The van der Waals surface area contributed by atoms with Crippen LogP contribution in [0.25, 0.3) is 6.08 Å². The van der Waals surface area contributed by atoms with E-state index in [4.69, 9.17) is 0 Å². The van der Waals surface area contributed by atoms with E-state index in [1.807, 2.05) is 4.90 Å². The zero-order valence-corrected chi connectivity index (χ0v) is 18.4. The van der Waals surface area contributed by atoms with Crippen molar-refractivity contribution < 1.29 is 18.8 Å². The fourth-order valence-corrected chi connectivity index (χ4v) is 4.33. The Morgan fingerprint density at radius 1 is 0.706 bits per heavy atom. The lowest BCUT2D eigenvalue weighted by atomic mass is 10.0. The number of benzene rings is 3. The van der Waals surface area contributed by atoms with E-state index in [1.165, 1.54) is 12.1 Å². The van der Waals surface area contributed by atoms with Crippen molar-refractivity contribution in [3.8, 4) is 0 Å². The van der Waals surface area contributed by atoms with Crippen LogP contribution in [0.5, 0.6) is 0 Å². The van der Waals surface area contributed by atoms with Gasteiger partial charge in [-0.2, -0.15) is 0 Å². The van der Waals surface area contributed by atoms with E-state index in [2.05, 4.69) is 0 Å². The van der Waals surface area contributed by atoms with Crippen molar-refractivity contribution in [3.63, 3.8) is 0 Å². The Morgan fingerprint density at radius 3 is 1.74 bits per heavy atom. The summed E-state index contributed by atoms with van der Waals surface area (Å²) in [6, 6.07) is 20.7. The van der Waals surface area contributed by atoms with Gasteiger partial charge in [-0.05, 0) is 60.9 Å². The maximum absolute atomic E-state index is 14.9. The van der Waals surface area contributed by atoms with E-state index in [0.29, 0.717) is 22.6 Å². The van der Waals surface area contributed by atoms with Gasteiger partial charge in [-0.25, -0.2) is 19.0 Å². The van der Waals surface area contributed by atoms with Crippen LogP contribution in [0.4, 0.5) is 26.2 Å². The molecule has 4 amide bonds. The van der Waals surface area contributed by atoms with Crippen molar-refractivity contribution in [2.45, 2.75) is 12.8 Å². The fourth-order valence-electron chi connectivity index (χ4n) is 4.33. The van der Waals surface area contributed by atoms with Gasteiger partial charge in [-0.1, -0.05) is 42.5 Å². The molecule has 7 heteroatoms. The van der Waals surface area contributed by atoms with E-state index in [1.54, 1.807) is 72.8 Å². The number of carbonyl (C=O) groups excluding carboxylic acids is 3. The highest BCUT2D eigenvalue weighted by atomic mass is 19.1. The predicted molar refractivity (Wildman–Crippen MR) is 129 cm³/mol. The number of amides is 4. The maximum Gasteiger partial charge on any atom is 0.343 e. The number of hydrogen-bond donors (Lipinski definition) is 0. The number of hydrogen-bond acceptors (Lipinski definition) is 4. The van der Waals surface area contributed by atoms with E-state index < -0.39 is 23.7 Å². The summed E-state index contributed by atoms with van der Waals surface area (Å²) >= 11 is 0. The summed E-state index contributed by atoms with van der Waals surface area (Å²) in [5.74, 6) is -1.92. The smallest absolute Gasteiger partial charge is 0.343 e. The summed E-state index contributed by atoms with van der Waals surface area (Å²) in [7, 11) is 0. The summed E-state index contributed by atoms with van der Waals surface area (Å²) in [4.78, 5) is 44.0. The molecular formula is C27H22FN3O3. The van der Waals surface area contributed by atoms with Crippen molar-refractivity contribution in [1.82, 2.24) is 0 Å². The first kappa shape index (κ1) is 21.6. The topological polar surface area (TPSA) is 60.9 Å². The van der Waals surface area contributed by atoms with E-state index in [-0.39, 0.29) is 5.57 Å². The Morgan fingerprint density at radius 2 is 1.24 bits per heavy atom. The Balaban J connectivity index is 1.58. The minimum Gasteiger partial charge on any atom is -0.369 e. The van der Waals surface area contributed by atoms with Gasteiger partial charge in [0.15, 0.2) is 0 Å². The number of halogens is 1. The van der Waals surface area contributed by atoms with Gasteiger partial charge in [0.1, 0.15) is 11.4 Å². The van der Waals surface area contributed by atoms with Crippen LogP contribution >= 0.6 is 0 Å². The monoisotopic (exact) mass is 455 g/mol. The van der Waals surface area contributed by atoms with Gasteiger partial charge >= 0.3 is 6.03 Å². The number of rotatable bonds is 4. The molecule has 0 aromatic heterocycles. The van der Waals surface area contributed by atoms with Crippen molar-refractivity contribution >= 4 is 41.0 Å². The molecular weight excluding hydrogens is 433 g/mol. The molecule has 5 rings (SSSR count). The third kappa shape index (κ3) is 3.85.